The highest BCUT2D eigenvalue weighted by molar-refractivity contribution is 7.09. The number of para-hydroxylation sites is 1. The summed E-state index contributed by atoms with van der Waals surface area (Å²) in [6, 6.07) is 5.03. The van der Waals surface area contributed by atoms with Gasteiger partial charge in [0, 0.05) is 17.7 Å². The van der Waals surface area contributed by atoms with Crippen LogP contribution in [0.1, 0.15) is 46.4 Å². The van der Waals surface area contributed by atoms with Gasteiger partial charge in [0.1, 0.15) is 16.9 Å². The van der Waals surface area contributed by atoms with E-state index in [0.29, 0.717) is 24.3 Å². The average Bonchev–Trinajstić information content (AvgIpc) is 3.30. The molecule has 2 N–H and O–H groups in total. The maximum absolute atomic E-state index is 13.2. The lowest BCUT2D eigenvalue weighted by molar-refractivity contribution is -0.139. The van der Waals surface area contributed by atoms with Gasteiger partial charge in [-0.3, -0.25) is 0 Å². The minimum absolute atomic E-state index is 0.0261. The zero-order valence-electron chi connectivity index (χ0n) is 15.7. The van der Waals surface area contributed by atoms with E-state index in [1.807, 2.05) is 0 Å². The lowest BCUT2D eigenvalue weighted by Crippen LogP contribution is -2.33. The van der Waals surface area contributed by atoms with Crippen LogP contribution in [0.25, 0.3) is 0 Å². The Balaban J connectivity index is 1.41. The van der Waals surface area contributed by atoms with Crippen LogP contribution < -0.4 is 4.74 Å². The van der Waals surface area contributed by atoms with Crippen LogP contribution in [0.5, 0.6) is 5.75 Å². The van der Waals surface area contributed by atoms with Crippen molar-refractivity contribution in [3.63, 3.8) is 0 Å². The molecular weight excluding hydrogens is 423 g/mol. The molecule has 0 spiro atoms. The molecule has 2 heterocycles. The number of benzene rings is 1. The molecule has 6 nitrogen and oxygen atoms in total. The third-order valence-corrected chi connectivity index (χ3v) is 6.67. The fraction of sp³-hybridized carbons (Fsp3) is 0.500. The normalized spacial score (nSPS) is 28.9. The number of hydrogen-bond acceptors (Lipinski definition) is 6. The van der Waals surface area contributed by atoms with E-state index in [1.54, 1.807) is 0 Å². The van der Waals surface area contributed by atoms with Crippen LogP contribution in [0, 0.1) is 11.8 Å². The fourth-order valence-corrected chi connectivity index (χ4v) is 5.15. The van der Waals surface area contributed by atoms with Gasteiger partial charge in [-0.15, -0.1) is 11.3 Å². The molecule has 4 rings (SSSR count). The van der Waals surface area contributed by atoms with E-state index in [0.717, 1.165) is 6.07 Å². The van der Waals surface area contributed by atoms with E-state index in [4.69, 9.17) is 14.6 Å². The van der Waals surface area contributed by atoms with E-state index in [9.17, 15) is 23.1 Å². The Labute approximate surface area is 174 Å². The van der Waals surface area contributed by atoms with E-state index in [1.165, 1.54) is 34.9 Å². The number of carbonyl (C=O) groups is 1. The molecule has 1 aliphatic carbocycles. The van der Waals surface area contributed by atoms with Crippen LogP contribution >= 0.6 is 11.3 Å². The minimum atomic E-state index is -4.52. The number of aliphatic hydroxyl groups excluding tert-OH is 1. The summed E-state index contributed by atoms with van der Waals surface area (Å²) in [6.45, 7) is -0.0378. The smallest absolute Gasteiger partial charge is 0.419 e. The Bertz CT molecular complexity index is 918. The molecule has 1 saturated heterocycles. The average molecular weight is 443 g/mol. The van der Waals surface area contributed by atoms with Gasteiger partial charge in [0.25, 0.3) is 0 Å². The van der Waals surface area contributed by atoms with E-state index in [-0.39, 0.29) is 42.1 Å². The number of carboxylic acid groups (broad SMARTS) is 1. The maximum Gasteiger partial charge on any atom is 0.419 e. The molecule has 30 heavy (non-hydrogen) atoms. The van der Waals surface area contributed by atoms with Crippen LogP contribution in [0.15, 0.2) is 29.6 Å². The number of nitrogens with zero attached hydrogens (tertiary/aromatic N) is 1. The van der Waals surface area contributed by atoms with Gasteiger partial charge in [-0.05, 0) is 30.9 Å². The first-order chi connectivity index (χ1) is 14.2. The molecule has 5 atom stereocenters. The van der Waals surface area contributed by atoms with Gasteiger partial charge in [-0.25, -0.2) is 9.78 Å². The van der Waals surface area contributed by atoms with E-state index in [2.05, 4.69) is 4.98 Å². The number of rotatable bonds is 5. The minimum Gasteiger partial charge on any atom is -0.493 e. The van der Waals surface area contributed by atoms with E-state index >= 15 is 0 Å². The Morgan fingerprint density at radius 3 is 2.77 bits per heavy atom. The Kier molecular flexibility index (Phi) is 5.73. The summed E-state index contributed by atoms with van der Waals surface area (Å²) < 4.78 is 51.1. The lowest BCUT2D eigenvalue weighted by atomic mass is 9.87. The number of aromatic nitrogens is 1. The largest absolute Gasteiger partial charge is 0.493 e. The van der Waals surface area contributed by atoms with Crippen LogP contribution in [0.2, 0.25) is 0 Å². The second-order valence-electron chi connectivity index (χ2n) is 7.55. The molecular formula is C20H20F3NO5S. The van der Waals surface area contributed by atoms with Gasteiger partial charge in [0.05, 0.1) is 24.4 Å². The van der Waals surface area contributed by atoms with Crippen molar-refractivity contribution in [2.45, 2.75) is 43.8 Å². The Hall–Kier alpha value is -2.17. The first kappa shape index (κ1) is 21.1. The van der Waals surface area contributed by atoms with Crippen molar-refractivity contribution in [3.05, 3.63) is 45.9 Å². The maximum atomic E-state index is 13.2. The van der Waals surface area contributed by atoms with Gasteiger partial charge in [0.15, 0.2) is 5.69 Å². The zero-order chi connectivity index (χ0) is 21.5. The lowest BCUT2D eigenvalue weighted by Gasteiger charge is -2.34. The van der Waals surface area contributed by atoms with Gasteiger partial charge in [0.2, 0.25) is 0 Å². The summed E-state index contributed by atoms with van der Waals surface area (Å²) >= 11 is 1.22. The number of aromatic carboxylic acids is 1. The van der Waals surface area contributed by atoms with Crippen LogP contribution in [-0.4, -0.2) is 40.0 Å². The summed E-state index contributed by atoms with van der Waals surface area (Å²) in [6.07, 6.45) is -4.25. The number of halogens is 3. The molecule has 1 aromatic heterocycles. The number of carboxylic acids is 1. The number of alkyl halides is 3. The van der Waals surface area contributed by atoms with Gasteiger partial charge in [-0.2, -0.15) is 13.2 Å². The highest BCUT2D eigenvalue weighted by Gasteiger charge is 2.47. The fourth-order valence-electron chi connectivity index (χ4n) is 4.29. The standard InChI is InChI=1S/C20H20F3NO5S/c21-20(22,23)12-3-1-2-4-15(12)28-8-11-10-5-6-16(29-17(10)7-14(11)25)18-24-13(9-30-18)19(26)27/h1-4,9-11,14,16-17,25H,5-8H2,(H,26,27)/t10-,11-,14-,16-,17+/m1/s1. The SMILES string of the molecule is O=C(O)c1csc([C@H]2CC[C@@H]3[C@@H](COc4ccccc4C(F)(F)F)[C@H](O)C[C@@H]3O2)n1. The van der Waals surface area contributed by atoms with Crippen LogP contribution in [0.3, 0.4) is 0 Å². The van der Waals surface area contributed by atoms with Crippen molar-refractivity contribution in [3.8, 4) is 5.75 Å². The molecule has 2 aromatic rings. The second kappa shape index (κ2) is 8.16. The Morgan fingerprint density at radius 1 is 1.30 bits per heavy atom. The van der Waals surface area contributed by atoms with E-state index < -0.39 is 23.8 Å². The van der Waals surface area contributed by atoms with Crippen molar-refractivity contribution in [2.75, 3.05) is 6.61 Å². The number of aliphatic hydroxyl groups is 1. The second-order valence-corrected chi connectivity index (χ2v) is 8.44. The van der Waals surface area contributed by atoms with Gasteiger partial charge >= 0.3 is 12.1 Å². The molecule has 0 amide bonds. The summed E-state index contributed by atoms with van der Waals surface area (Å²) in [5, 5.41) is 21.6. The molecule has 10 heteroatoms. The van der Waals surface area contributed by atoms with Gasteiger partial charge in [-0.1, -0.05) is 12.1 Å². The number of hydrogen-bond donors (Lipinski definition) is 2. The summed E-state index contributed by atoms with van der Waals surface area (Å²) in [5.74, 6) is -1.74. The zero-order valence-corrected chi connectivity index (χ0v) is 16.5. The molecule has 0 unspecified atom stereocenters. The van der Waals surface area contributed by atoms with Crippen molar-refractivity contribution in [2.24, 2.45) is 11.8 Å². The first-order valence-electron chi connectivity index (χ1n) is 9.55. The highest BCUT2D eigenvalue weighted by Crippen LogP contribution is 2.46. The molecule has 1 aliphatic heterocycles. The molecule has 162 valence electrons. The quantitative estimate of drug-likeness (QED) is 0.722. The van der Waals surface area contributed by atoms with Crippen molar-refractivity contribution < 1.29 is 37.7 Å². The van der Waals surface area contributed by atoms with Crippen LogP contribution in [-0.2, 0) is 10.9 Å². The first-order valence-corrected chi connectivity index (χ1v) is 10.4. The summed E-state index contributed by atoms with van der Waals surface area (Å²) in [7, 11) is 0. The third-order valence-electron chi connectivity index (χ3n) is 5.74. The summed E-state index contributed by atoms with van der Waals surface area (Å²) in [4.78, 5) is 15.1. The highest BCUT2D eigenvalue weighted by atomic mass is 32.1. The number of fused-ring (bicyclic) bond motifs is 1. The number of ether oxygens (including phenoxy) is 2. The van der Waals surface area contributed by atoms with Crippen molar-refractivity contribution >= 4 is 17.3 Å². The predicted octanol–water partition coefficient (Wildman–Crippen LogP) is 4.16. The Morgan fingerprint density at radius 2 is 2.07 bits per heavy atom. The van der Waals surface area contributed by atoms with Crippen molar-refractivity contribution in [1.29, 1.82) is 0 Å². The third kappa shape index (κ3) is 4.17. The molecule has 2 aliphatic rings. The topological polar surface area (TPSA) is 88.9 Å². The van der Waals surface area contributed by atoms with Crippen LogP contribution in [0.4, 0.5) is 13.2 Å². The monoisotopic (exact) mass is 443 g/mol. The predicted molar refractivity (Wildman–Crippen MR) is 100 cm³/mol. The molecule has 0 radical (unpaired) electrons. The molecule has 1 aromatic carbocycles. The molecule has 2 fully saturated rings. The molecule has 0 bridgehead atoms. The van der Waals surface area contributed by atoms with Gasteiger partial charge < -0.3 is 19.7 Å². The number of thiazole rings is 1. The van der Waals surface area contributed by atoms with Crippen molar-refractivity contribution in [1.82, 2.24) is 4.98 Å². The molecule has 1 saturated carbocycles. The summed E-state index contributed by atoms with van der Waals surface area (Å²) in [5.41, 5.74) is -0.867.